The second-order valence-corrected chi connectivity index (χ2v) is 8.24. The number of rotatable bonds is 9. The Bertz CT molecular complexity index is 650. The molecule has 7 nitrogen and oxygen atoms in total. The van der Waals surface area contributed by atoms with Crippen molar-refractivity contribution in [3.8, 4) is 0 Å². The zero-order chi connectivity index (χ0) is 18.7. The molecule has 0 aliphatic carbocycles. The van der Waals surface area contributed by atoms with Crippen LogP contribution < -0.4 is 10.6 Å². The van der Waals surface area contributed by atoms with Crippen molar-refractivity contribution in [1.82, 2.24) is 15.5 Å². The molecule has 9 heteroatoms. The van der Waals surface area contributed by atoms with E-state index in [0.29, 0.717) is 23.9 Å². The molecule has 0 radical (unpaired) electrons. The van der Waals surface area contributed by atoms with Gasteiger partial charge in [0.15, 0.2) is 15.8 Å². The Morgan fingerprint density at radius 3 is 2.56 bits per heavy atom. The van der Waals surface area contributed by atoms with Gasteiger partial charge in [-0.1, -0.05) is 18.2 Å². The van der Waals surface area contributed by atoms with Crippen molar-refractivity contribution in [2.45, 2.75) is 18.2 Å². The summed E-state index contributed by atoms with van der Waals surface area (Å²) in [7, 11) is -3.27. The second kappa shape index (κ2) is 13.3. The molecule has 0 atom stereocenters. The first-order valence-electron chi connectivity index (χ1n) is 9.22. The first kappa shape index (κ1) is 24.1. The summed E-state index contributed by atoms with van der Waals surface area (Å²) in [5.41, 5.74) is 0. The van der Waals surface area contributed by atoms with Gasteiger partial charge in [-0.25, -0.2) is 8.42 Å². The zero-order valence-electron chi connectivity index (χ0n) is 15.9. The van der Waals surface area contributed by atoms with Crippen LogP contribution in [0.15, 0.2) is 40.2 Å². The summed E-state index contributed by atoms with van der Waals surface area (Å²) in [6.45, 7) is 8.36. The third kappa shape index (κ3) is 9.22. The third-order valence-corrected chi connectivity index (χ3v) is 5.85. The van der Waals surface area contributed by atoms with Crippen molar-refractivity contribution in [2.24, 2.45) is 4.99 Å². The van der Waals surface area contributed by atoms with E-state index in [1.165, 1.54) is 0 Å². The van der Waals surface area contributed by atoms with E-state index in [-0.39, 0.29) is 29.7 Å². The summed E-state index contributed by atoms with van der Waals surface area (Å²) in [6.07, 6.45) is 0.971. The molecule has 0 aromatic heterocycles. The highest BCUT2D eigenvalue weighted by Gasteiger charge is 2.13. The van der Waals surface area contributed by atoms with Crippen LogP contribution in [-0.4, -0.2) is 77.5 Å². The number of halogens is 1. The molecule has 1 saturated heterocycles. The number of nitrogens with one attached hydrogen (secondary N) is 2. The molecular weight excluding hydrogens is 479 g/mol. The van der Waals surface area contributed by atoms with Crippen molar-refractivity contribution in [3.63, 3.8) is 0 Å². The molecule has 2 N–H and O–H groups in total. The van der Waals surface area contributed by atoms with Crippen LogP contribution in [0.25, 0.3) is 0 Å². The van der Waals surface area contributed by atoms with Gasteiger partial charge in [0.05, 0.1) is 23.9 Å². The lowest BCUT2D eigenvalue weighted by Gasteiger charge is -2.26. The number of hydrogen-bond acceptors (Lipinski definition) is 5. The number of aliphatic imine (C=N–C) groups is 1. The van der Waals surface area contributed by atoms with Gasteiger partial charge in [-0.2, -0.15) is 0 Å². The molecule has 27 heavy (non-hydrogen) atoms. The Balaban J connectivity index is 0.00000364. The minimum atomic E-state index is -3.27. The van der Waals surface area contributed by atoms with Crippen molar-refractivity contribution in [2.75, 3.05) is 58.2 Å². The maximum absolute atomic E-state index is 12.3. The maximum atomic E-state index is 12.3. The molecule has 0 spiro atoms. The second-order valence-electron chi connectivity index (χ2n) is 6.13. The molecule has 154 valence electrons. The topological polar surface area (TPSA) is 83.0 Å². The van der Waals surface area contributed by atoms with Crippen molar-refractivity contribution in [1.29, 1.82) is 0 Å². The Morgan fingerprint density at radius 2 is 1.89 bits per heavy atom. The fraction of sp³-hybridized carbons (Fsp3) is 0.611. The predicted molar refractivity (Wildman–Crippen MR) is 120 cm³/mol. The minimum Gasteiger partial charge on any atom is -0.379 e. The van der Waals surface area contributed by atoms with Gasteiger partial charge < -0.3 is 15.4 Å². The molecule has 0 amide bonds. The van der Waals surface area contributed by atoms with E-state index in [9.17, 15) is 8.42 Å². The fourth-order valence-corrected chi connectivity index (χ4v) is 3.88. The highest BCUT2D eigenvalue weighted by atomic mass is 127. The Labute approximate surface area is 179 Å². The molecule has 1 fully saturated rings. The highest BCUT2D eigenvalue weighted by molar-refractivity contribution is 14.0. The quantitative estimate of drug-likeness (QED) is 0.226. The van der Waals surface area contributed by atoms with Gasteiger partial charge in [-0.05, 0) is 25.5 Å². The average molecular weight is 510 g/mol. The lowest BCUT2D eigenvalue weighted by Crippen LogP contribution is -2.40. The molecule has 1 aromatic rings. The molecule has 1 heterocycles. The van der Waals surface area contributed by atoms with E-state index < -0.39 is 9.84 Å². The monoisotopic (exact) mass is 510 g/mol. The van der Waals surface area contributed by atoms with Gasteiger partial charge in [0.2, 0.25) is 0 Å². The average Bonchev–Trinajstić information content (AvgIpc) is 2.66. The Kier molecular flexibility index (Phi) is 11.9. The molecule has 1 aromatic carbocycles. The molecule has 1 aliphatic heterocycles. The maximum Gasteiger partial charge on any atom is 0.191 e. The normalized spacial score (nSPS) is 15.8. The van der Waals surface area contributed by atoms with Gasteiger partial charge in [0, 0.05) is 39.3 Å². The summed E-state index contributed by atoms with van der Waals surface area (Å²) >= 11 is 0. The van der Waals surface area contributed by atoms with Crippen molar-refractivity contribution >= 4 is 39.8 Å². The van der Waals surface area contributed by atoms with Crippen LogP contribution in [-0.2, 0) is 14.6 Å². The lowest BCUT2D eigenvalue weighted by atomic mass is 10.3. The van der Waals surface area contributed by atoms with Crippen molar-refractivity contribution in [3.05, 3.63) is 30.3 Å². The van der Waals surface area contributed by atoms with Crippen LogP contribution >= 0.6 is 24.0 Å². The summed E-state index contributed by atoms with van der Waals surface area (Å²) in [6, 6.07) is 8.53. The fourth-order valence-electron chi connectivity index (χ4n) is 2.70. The first-order chi connectivity index (χ1) is 12.6. The largest absolute Gasteiger partial charge is 0.379 e. The molecule has 1 aliphatic rings. The van der Waals surface area contributed by atoms with E-state index >= 15 is 0 Å². The van der Waals surface area contributed by atoms with Crippen LogP contribution in [0.3, 0.4) is 0 Å². The molecule has 0 unspecified atom stereocenters. The van der Waals surface area contributed by atoms with Gasteiger partial charge in [-0.15, -0.1) is 24.0 Å². The van der Waals surface area contributed by atoms with Crippen LogP contribution in [0.1, 0.15) is 13.3 Å². The predicted octanol–water partition coefficient (Wildman–Crippen LogP) is 1.36. The van der Waals surface area contributed by atoms with E-state index in [1.807, 2.05) is 13.0 Å². The number of hydrogen-bond donors (Lipinski definition) is 2. The lowest BCUT2D eigenvalue weighted by molar-refractivity contribution is 0.0377. The Morgan fingerprint density at radius 1 is 1.19 bits per heavy atom. The third-order valence-electron chi connectivity index (χ3n) is 4.12. The number of ether oxygens (including phenoxy) is 1. The van der Waals surface area contributed by atoms with Crippen LogP contribution in [0.2, 0.25) is 0 Å². The summed E-state index contributed by atoms with van der Waals surface area (Å²) in [4.78, 5) is 7.27. The summed E-state index contributed by atoms with van der Waals surface area (Å²) in [5, 5.41) is 6.27. The van der Waals surface area contributed by atoms with E-state index in [2.05, 4.69) is 20.5 Å². The van der Waals surface area contributed by atoms with Crippen LogP contribution in [0.4, 0.5) is 0 Å². The van der Waals surface area contributed by atoms with Gasteiger partial charge in [-0.3, -0.25) is 9.89 Å². The van der Waals surface area contributed by atoms with Gasteiger partial charge >= 0.3 is 0 Å². The van der Waals surface area contributed by atoms with Crippen LogP contribution in [0.5, 0.6) is 0 Å². The number of sulfone groups is 1. The number of morpholine rings is 1. The van der Waals surface area contributed by atoms with Crippen LogP contribution in [0, 0.1) is 0 Å². The summed E-state index contributed by atoms with van der Waals surface area (Å²) in [5.74, 6) is 0.701. The number of benzene rings is 1. The smallest absolute Gasteiger partial charge is 0.191 e. The molecule has 2 rings (SSSR count). The SMILES string of the molecule is CCNC(=NCCCN1CCOCC1)NCCS(=O)(=O)c1ccccc1.I. The number of nitrogens with zero attached hydrogens (tertiary/aromatic N) is 2. The van der Waals surface area contributed by atoms with Gasteiger partial charge in [0.25, 0.3) is 0 Å². The molecule has 0 saturated carbocycles. The molecule has 0 bridgehead atoms. The first-order valence-corrected chi connectivity index (χ1v) is 10.9. The summed E-state index contributed by atoms with van der Waals surface area (Å²) < 4.78 is 29.9. The van der Waals surface area contributed by atoms with Gasteiger partial charge in [0.1, 0.15) is 0 Å². The van der Waals surface area contributed by atoms with E-state index in [1.54, 1.807) is 24.3 Å². The highest BCUT2D eigenvalue weighted by Crippen LogP contribution is 2.09. The van der Waals surface area contributed by atoms with Crippen molar-refractivity contribution < 1.29 is 13.2 Å². The number of guanidine groups is 1. The van der Waals surface area contributed by atoms with E-state index in [4.69, 9.17) is 4.74 Å². The molecular formula is C18H31IN4O3S. The standard InChI is InChI=1S/C18H30N4O3S.HI/c1-2-19-18(20-9-6-11-22-12-14-25-15-13-22)21-10-16-26(23,24)17-7-4-3-5-8-17;/h3-5,7-8H,2,6,9-16H2,1H3,(H2,19,20,21);1H. The Hall–Kier alpha value is -0.910. The van der Waals surface area contributed by atoms with E-state index in [0.717, 1.165) is 45.8 Å². The minimum absolute atomic E-state index is 0. The zero-order valence-corrected chi connectivity index (χ0v) is 19.0.